The molecule has 2 rings (SSSR count). The molecule has 0 spiro atoms. The summed E-state index contributed by atoms with van der Waals surface area (Å²) < 4.78 is 0. The number of likely N-dealkylation sites (tertiary alicyclic amines) is 1. The number of aliphatic carboxylic acids is 1. The molecule has 1 amide bonds. The summed E-state index contributed by atoms with van der Waals surface area (Å²) in [5.41, 5.74) is 0. The van der Waals surface area contributed by atoms with E-state index in [1.165, 1.54) is 0 Å². The van der Waals surface area contributed by atoms with Gasteiger partial charge in [0.2, 0.25) is 5.91 Å². The number of rotatable bonds is 5. The average molecular weight is 296 g/mol. The summed E-state index contributed by atoms with van der Waals surface area (Å²) in [6.45, 7) is 4.95. The molecule has 0 aromatic heterocycles. The van der Waals surface area contributed by atoms with Gasteiger partial charge in [0.25, 0.3) is 0 Å². The van der Waals surface area contributed by atoms with Crippen molar-refractivity contribution in [3.63, 3.8) is 0 Å². The molecule has 1 saturated heterocycles. The summed E-state index contributed by atoms with van der Waals surface area (Å²) in [7, 11) is 0. The van der Waals surface area contributed by atoms with Crippen molar-refractivity contribution in [1.29, 1.82) is 0 Å². The Morgan fingerprint density at radius 1 is 1.14 bits per heavy atom. The molecule has 0 aromatic carbocycles. The second kappa shape index (κ2) is 7.78. The van der Waals surface area contributed by atoms with Crippen LogP contribution >= 0.6 is 0 Å². The molecular formula is C16H28N2O3. The quantitative estimate of drug-likeness (QED) is 0.810. The first-order valence-electron chi connectivity index (χ1n) is 8.29. The van der Waals surface area contributed by atoms with Crippen LogP contribution in [0.5, 0.6) is 0 Å². The van der Waals surface area contributed by atoms with E-state index in [2.05, 4.69) is 12.2 Å². The van der Waals surface area contributed by atoms with E-state index in [0.29, 0.717) is 13.1 Å². The second-order valence-corrected chi connectivity index (χ2v) is 6.68. The van der Waals surface area contributed by atoms with Crippen molar-refractivity contribution in [3.05, 3.63) is 0 Å². The normalized spacial score (nSPS) is 27.6. The Morgan fingerprint density at radius 2 is 1.81 bits per heavy atom. The van der Waals surface area contributed by atoms with Crippen LogP contribution in [-0.2, 0) is 9.59 Å². The second-order valence-electron chi connectivity index (χ2n) is 6.68. The van der Waals surface area contributed by atoms with E-state index in [9.17, 15) is 14.7 Å². The first kappa shape index (κ1) is 16.3. The lowest BCUT2D eigenvalue weighted by Gasteiger charge is -2.31. The first-order valence-corrected chi connectivity index (χ1v) is 8.29. The molecule has 0 radical (unpaired) electrons. The van der Waals surface area contributed by atoms with Gasteiger partial charge >= 0.3 is 5.97 Å². The molecule has 1 aliphatic heterocycles. The van der Waals surface area contributed by atoms with Gasteiger partial charge in [0, 0.05) is 13.1 Å². The maximum atomic E-state index is 12.1. The largest absolute Gasteiger partial charge is 0.481 e. The molecule has 0 aromatic rings. The van der Waals surface area contributed by atoms with Gasteiger partial charge in [-0.2, -0.15) is 0 Å². The van der Waals surface area contributed by atoms with Gasteiger partial charge in [0.05, 0.1) is 12.5 Å². The Labute approximate surface area is 127 Å². The van der Waals surface area contributed by atoms with E-state index < -0.39 is 5.97 Å². The number of hydrogen-bond acceptors (Lipinski definition) is 3. The molecule has 120 valence electrons. The highest BCUT2D eigenvalue weighted by molar-refractivity contribution is 5.78. The molecule has 1 heterocycles. The zero-order chi connectivity index (χ0) is 15.2. The molecule has 2 fully saturated rings. The molecule has 1 saturated carbocycles. The monoisotopic (exact) mass is 296 g/mol. The molecule has 21 heavy (non-hydrogen) atoms. The zero-order valence-corrected chi connectivity index (χ0v) is 13.0. The first-order chi connectivity index (χ1) is 10.1. The summed E-state index contributed by atoms with van der Waals surface area (Å²) in [6, 6.07) is 0. The standard InChI is InChI=1S/C16H28N2O3/c1-12-6-8-18(9-7-12)15(19)11-17-10-13-4-2-3-5-14(13)16(20)21/h12-14,17H,2-11H2,1H3,(H,20,21). The predicted molar refractivity (Wildman–Crippen MR) is 80.9 cm³/mol. The van der Waals surface area contributed by atoms with Crippen molar-refractivity contribution in [2.75, 3.05) is 26.2 Å². The molecule has 5 heteroatoms. The van der Waals surface area contributed by atoms with E-state index in [1.807, 2.05) is 4.90 Å². The highest BCUT2D eigenvalue weighted by Gasteiger charge is 2.30. The fraction of sp³-hybridized carbons (Fsp3) is 0.875. The molecule has 5 nitrogen and oxygen atoms in total. The predicted octanol–water partition coefficient (Wildman–Crippen LogP) is 1.73. The smallest absolute Gasteiger partial charge is 0.306 e. The zero-order valence-electron chi connectivity index (χ0n) is 13.0. The average Bonchev–Trinajstić information content (AvgIpc) is 2.48. The van der Waals surface area contributed by atoms with Gasteiger partial charge in [-0.1, -0.05) is 19.8 Å². The molecule has 2 unspecified atom stereocenters. The van der Waals surface area contributed by atoms with Gasteiger partial charge in [-0.3, -0.25) is 9.59 Å². The van der Waals surface area contributed by atoms with Crippen molar-refractivity contribution in [1.82, 2.24) is 10.2 Å². The number of carbonyl (C=O) groups is 2. The molecule has 1 aliphatic carbocycles. The van der Waals surface area contributed by atoms with E-state index in [-0.39, 0.29) is 17.7 Å². The third-order valence-electron chi connectivity index (χ3n) is 5.05. The number of nitrogens with one attached hydrogen (secondary N) is 1. The Bertz CT molecular complexity index is 365. The van der Waals surface area contributed by atoms with Crippen molar-refractivity contribution >= 4 is 11.9 Å². The Hall–Kier alpha value is -1.10. The number of carbonyl (C=O) groups excluding carboxylic acids is 1. The number of carboxylic acid groups (broad SMARTS) is 1. The van der Waals surface area contributed by atoms with Crippen LogP contribution in [0, 0.1) is 17.8 Å². The highest BCUT2D eigenvalue weighted by Crippen LogP contribution is 2.29. The Balaban J connectivity index is 1.70. The van der Waals surface area contributed by atoms with Crippen LogP contribution in [0.1, 0.15) is 45.4 Å². The molecule has 0 bridgehead atoms. The van der Waals surface area contributed by atoms with Crippen molar-refractivity contribution in [3.8, 4) is 0 Å². The van der Waals surface area contributed by atoms with Crippen molar-refractivity contribution in [2.45, 2.75) is 45.4 Å². The van der Waals surface area contributed by atoms with Gasteiger partial charge < -0.3 is 15.3 Å². The number of nitrogens with zero attached hydrogens (tertiary/aromatic N) is 1. The van der Waals surface area contributed by atoms with E-state index in [0.717, 1.165) is 57.5 Å². The third-order valence-corrected chi connectivity index (χ3v) is 5.05. The third kappa shape index (κ3) is 4.70. The number of amides is 1. The fourth-order valence-electron chi connectivity index (χ4n) is 3.51. The lowest BCUT2D eigenvalue weighted by Crippen LogP contribution is -2.44. The van der Waals surface area contributed by atoms with Crippen LogP contribution < -0.4 is 5.32 Å². The van der Waals surface area contributed by atoms with Crippen LogP contribution in [0.25, 0.3) is 0 Å². The van der Waals surface area contributed by atoms with E-state index in [4.69, 9.17) is 0 Å². The van der Waals surface area contributed by atoms with E-state index >= 15 is 0 Å². The number of carboxylic acids is 1. The summed E-state index contributed by atoms with van der Waals surface area (Å²) >= 11 is 0. The summed E-state index contributed by atoms with van der Waals surface area (Å²) in [5, 5.41) is 12.4. The molecular weight excluding hydrogens is 268 g/mol. The van der Waals surface area contributed by atoms with Gasteiger partial charge in [0.15, 0.2) is 0 Å². The molecule has 2 aliphatic rings. The molecule has 2 atom stereocenters. The lowest BCUT2D eigenvalue weighted by atomic mass is 9.79. The minimum Gasteiger partial charge on any atom is -0.481 e. The van der Waals surface area contributed by atoms with Crippen LogP contribution in [0.2, 0.25) is 0 Å². The van der Waals surface area contributed by atoms with Gasteiger partial charge in [-0.05, 0) is 44.1 Å². The lowest BCUT2D eigenvalue weighted by molar-refractivity contribution is -0.144. The van der Waals surface area contributed by atoms with Crippen LogP contribution in [-0.4, -0.2) is 48.1 Å². The van der Waals surface area contributed by atoms with Crippen LogP contribution in [0.15, 0.2) is 0 Å². The van der Waals surface area contributed by atoms with Crippen LogP contribution in [0.3, 0.4) is 0 Å². The maximum Gasteiger partial charge on any atom is 0.306 e. The summed E-state index contributed by atoms with van der Waals surface area (Å²) in [6.07, 6.45) is 6.04. The summed E-state index contributed by atoms with van der Waals surface area (Å²) in [4.78, 5) is 25.3. The van der Waals surface area contributed by atoms with Gasteiger partial charge in [-0.25, -0.2) is 0 Å². The van der Waals surface area contributed by atoms with Crippen molar-refractivity contribution < 1.29 is 14.7 Å². The fourth-order valence-corrected chi connectivity index (χ4v) is 3.51. The molecule has 2 N–H and O–H groups in total. The number of hydrogen-bond donors (Lipinski definition) is 2. The minimum atomic E-state index is -0.683. The SMILES string of the molecule is CC1CCN(C(=O)CNCC2CCCCC2C(=O)O)CC1. The van der Waals surface area contributed by atoms with Gasteiger partial charge in [-0.15, -0.1) is 0 Å². The minimum absolute atomic E-state index is 0.157. The summed E-state index contributed by atoms with van der Waals surface area (Å²) in [5.74, 6) is 0.130. The Kier molecular flexibility index (Phi) is 6.03. The Morgan fingerprint density at radius 3 is 2.48 bits per heavy atom. The maximum absolute atomic E-state index is 12.1. The van der Waals surface area contributed by atoms with Crippen LogP contribution in [0.4, 0.5) is 0 Å². The van der Waals surface area contributed by atoms with Crippen molar-refractivity contribution in [2.24, 2.45) is 17.8 Å². The highest BCUT2D eigenvalue weighted by atomic mass is 16.4. The number of piperidine rings is 1. The topological polar surface area (TPSA) is 69.6 Å². The van der Waals surface area contributed by atoms with Gasteiger partial charge in [0.1, 0.15) is 0 Å². The van der Waals surface area contributed by atoms with E-state index in [1.54, 1.807) is 0 Å².